The molecule has 0 N–H and O–H groups in total. The first-order valence-electron chi connectivity index (χ1n) is 5.53. The molecule has 0 saturated carbocycles. The van der Waals surface area contributed by atoms with E-state index in [1.807, 2.05) is 12.1 Å². The number of hydrogen-bond acceptors (Lipinski definition) is 3. The molecule has 0 aliphatic carbocycles. The molecule has 0 amide bonds. The molecular weight excluding hydrogens is 204 g/mol. The van der Waals surface area contributed by atoms with Gasteiger partial charge >= 0.3 is 0 Å². The summed E-state index contributed by atoms with van der Waals surface area (Å²) in [5.74, 6) is 1.85. The molecule has 0 radical (unpaired) electrons. The Bertz CT molecular complexity index is 410. The van der Waals surface area contributed by atoms with Crippen LogP contribution in [0.4, 0.5) is 0 Å². The van der Waals surface area contributed by atoms with Gasteiger partial charge < -0.3 is 9.47 Å². The molecule has 0 aromatic heterocycles. The number of ketones is 1. The van der Waals surface area contributed by atoms with E-state index in [1.54, 1.807) is 14.0 Å². The predicted octanol–water partition coefficient (Wildman–Crippen LogP) is 2.15. The average Bonchev–Trinajstić information content (AvgIpc) is 2.29. The summed E-state index contributed by atoms with van der Waals surface area (Å²) in [4.78, 5) is 11.3. The number of carbonyl (C=O) groups excluding carboxylic acids is 1. The largest absolute Gasteiger partial charge is 0.496 e. The van der Waals surface area contributed by atoms with Crippen molar-refractivity contribution in [2.24, 2.45) is 0 Å². The van der Waals surface area contributed by atoms with Gasteiger partial charge in [-0.15, -0.1) is 0 Å². The maximum Gasteiger partial charge on any atom is 0.134 e. The number of benzene rings is 1. The lowest BCUT2D eigenvalue weighted by Gasteiger charge is -2.21. The summed E-state index contributed by atoms with van der Waals surface area (Å²) in [7, 11) is 1.63. The second-order valence-corrected chi connectivity index (χ2v) is 4.05. The van der Waals surface area contributed by atoms with Gasteiger partial charge in [-0.25, -0.2) is 0 Å². The lowest BCUT2D eigenvalue weighted by Crippen LogP contribution is -2.13. The monoisotopic (exact) mass is 220 g/mol. The Morgan fingerprint density at radius 1 is 1.50 bits per heavy atom. The van der Waals surface area contributed by atoms with E-state index in [1.165, 1.54) is 0 Å². The molecule has 0 atom stereocenters. The van der Waals surface area contributed by atoms with Crippen molar-refractivity contribution in [1.82, 2.24) is 0 Å². The van der Waals surface area contributed by atoms with E-state index in [2.05, 4.69) is 0 Å². The Kier molecular flexibility index (Phi) is 3.13. The highest BCUT2D eigenvalue weighted by Crippen LogP contribution is 2.34. The highest BCUT2D eigenvalue weighted by atomic mass is 16.5. The molecule has 1 aromatic carbocycles. The SMILES string of the molecule is COc1ccc2c(c1CC(C)=O)CCCO2. The molecule has 1 aliphatic heterocycles. The molecule has 1 heterocycles. The molecule has 0 saturated heterocycles. The fraction of sp³-hybridized carbons (Fsp3) is 0.462. The zero-order valence-corrected chi connectivity index (χ0v) is 9.71. The minimum absolute atomic E-state index is 0.150. The number of ether oxygens (including phenoxy) is 2. The fourth-order valence-electron chi connectivity index (χ4n) is 2.12. The van der Waals surface area contributed by atoms with Crippen LogP contribution in [0.25, 0.3) is 0 Å². The van der Waals surface area contributed by atoms with Gasteiger partial charge in [0.2, 0.25) is 0 Å². The van der Waals surface area contributed by atoms with Crippen molar-refractivity contribution in [3.63, 3.8) is 0 Å². The van der Waals surface area contributed by atoms with Gasteiger partial charge in [0.15, 0.2) is 0 Å². The minimum atomic E-state index is 0.150. The van der Waals surface area contributed by atoms with E-state index in [0.717, 1.165) is 42.1 Å². The third-order valence-electron chi connectivity index (χ3n) is 2.82. The van der Waals surface area contributed by atoms with Crippen molar-refractivity contribution < 1.29 is 14.3 Å². The van der Waals surface area contributed by atoms with Crippen molar-refractivity contribution in [2.75, 3.05) is 13.7 Å². The van der Waals surface area contributed by atoms with Crippen LogP contribution < -0.4 is 9.47 Å². The topological polar surface area (TPSA) is 35.5 Å². The van der Waals surface area contributed by atoms with Gasteiger partial charge in [-0.05, 0) is 31.9 Å². The predicted molar refractivity (Wildman–Crippen MR) is 61.2 cm³/mol. The van der Waals surface area contributed by atoms with Crippen LogP contribution in [0.1, 0.15) is 24.5 Å². The molecule has 0 spiro atoms. The van der Waals surface area contributed by atoms with Crippen LogP contribution in [0.3, 0.4) is 0 Å². The number of rotatable bonds is 3. The molecule has 16 heavy (non-hydrogen) atoms. The third kappa shape index (κ3) is 2.03. The van der Waals surface area contributed by atoms with Crippen molar-refractivity contribution in [3.8, 4) is 11.5 Å². The average molecular weight is 220 g/mol. The fourth-order valence-corrected chi connectivity index (χ4v) is 2.12. The summed E-state index contributed by atoms with van der Waals surface area (Å²) in [6, 6.07) is 3.80. The molecule has 2 rings (SSSR count). The van der Waals surface area contributed by atoms with Gasteiger partial charge in [-0.3, -0.25) is 4.79 Å². The smallest absolute Gasteiger partial charge is 0.134 e. The highest BCUT2D eigenvalue weighted by Gasteiger charge is 2.18. The standard InChI is InChI=1S/C13H16O3/c1-9(14)8-11-10-4-3-7-16-13(10)6-5-12(11)15-2/h5-6H,3-4,7-8H2,1-2H3. The molecule has 1 aromatic rings. The van der Waals surface area contributed by atoms with Crippen LogP contribution in [-0.4, -0.2) is 19.5 Å². The summed E-state index contributed by atoms with van der Waals surface area (Å²) in [5, 5.41) is 0. The lowest BCUT2D eigenvalue weighted by molar-refractivity contribution is -0.116. The van der Waals surface area contributed by atoms with E-state index in [4.69, 9.17) is 9.47 Å². The van der Waals surface area contributed by atoms with Crippen molar-refractivity contribution >= 4 is 5.78 Å². The Balaban J connectivity index is 2.47. The molecule has 3 heteroatoms. The summed E-state index contributed by atoms with van der Waals surface area (Å²) >= 11 is 0. The molecular formula is C13H16O3. The van der Waals surface area contributed by atoms with Crippen LogP contribution in [0.5, 0.6) is 11.5 Å². The van der Waals surface area contributed by atoms with Crippen molar-refractivity contribution in [1.29, 1.82) is 0 Å². The van der Waals surface area contributed by atoms with Crippen LogP contribution in [0, 0.1) is 0 Å². The first kappa shape index (κ1) is 11.0. The molecule has 86 valence electrons. The van der Waals surface area contributed by atoms with Crippen LogP contribution in [-0.2, 0) is 17.6 Å². The van der Waals surface area contributed by atoms with Gasteiger partial charge in [-0.1, -0.05) is 0 Å². The summed E-state index contributed by atoms with van der Waals surface area (Å²) < 4.78 is 10.9. The first-order chi connectivity index (χ1) is 7.72. The lowest BCUT2D eigenvalue weighted by atomic mass is 9.95. The van der Waals surface area contributed by atoms with Crippen molar-refractivity contribution in [2.45, 2.75) is 26.2 Å². The minimum Gasteiger partial charge on any atom is -0.496 e. The first-order valence-corrected chi connectivity index (χ1v) is 5.53. The van der Waals surface area contributed by atoms with E-state index in [-0.39, 0.29) is 5.78 Å². The second kappa shape index (κ2) is 4.56. The van der Waals surface area contributed by atoms with E-state index in [0.29, 0.717) is 6.42 Å². The molecule has 1 aliphatic rings. The quantitative estimate of drug-likeness (QED) is 0.783. The Hall–Kier alpha value is -1.51. The van der Waals surface area contributed by atoms with Gasteiger partial charge in [0.1, 0.15) is 17.3 Å². The second-order valence-electron chi connectivity index (χ2n) is 4.05. The maximum atomic E-state index is 11.3. The van der Waals surface area contributed by atoms with E-state index in [9.17, 15) is 4.79 Å². The zero-order chi connectivity index (χ0) is 11.5. The van der Waals surface area contributed by atoms with Gasteiger partial charge in [0.05, 0.1) is 13.7 Å². The molecule has 0 bridgehead atoms. The Morgan fingerprint density at radius 2 is 2.31 bits per heavy atom. The number of methoxy groups -OCH3 is 1. The van der Waals surface area contributed by atoms with Crippen LogP contribution >= 0.6 is 0 Å². The number of fused-ring (bicyclic) bond motifs is 1. The summed E-state index contributed by atoms with van der Waals surface area (Å²) in [6.07, 6.45) is 2.40. The molecule has 0 unspecified atom stereocenters. The van der Waals surface area contributed by atoms with E-state index >= 15 is 0 Å². The Labute approximate surface area is 95.4 Å². The number of Topliss-reactive ketones (excluding diaryl/α,β-unsaturated/α-hetero) is 1. The zero-order valence-electron chi connectivity index (χ0n) is 9.71. The van der Waals surface area contributed by atoms with Gasteiger partial charge in [0.25, 0.3) is 0 Å². The normalized spacial score (nSPS) is 13.9. The van der Waals surface area contributed by atoms with Gasteiger partial charge in [0, 0.05) is 17.5 Å². The summed E-state index contributed by atoms with van der Waals surface area (Å²) in [5.41, 5.74) is 2.13. The highest BCUT2D eigenvalue weighted by molar-refractivity contribution is 5.80. The van der Waals surface area contributed by atoms with E-state index < -0.39 is 0 Å². The van der Waals surface area contributed by atoms with Crippen LogP contribution in [0.15, 0.2) is 12.1 Å². The Morgan fingerprint density at radius 3 is 3.00 bits per heavy atom. The van der Waals surface area contributed by atoms with Gasteiger partial charge in [-0.2, -0.15) is 0 Å². The number of carbonyl (C=O) groups is 1. The maximum absolute atomic E-state index is 11.3. The third-order valence-corrected chi connectivity index (χ3v) is 2.82. The summed E-state index contributed by atoms with van der Waals surface area (Å²) in [6.45, 7) is 2.36. The molecule has 0 fully saturated rings. The number of hydrogen-bond donors (Lipinski definition) is 0. The molecule has 3 nitrogen and oxygen atoms in total. The van der Waals surface area contributed by atoms with Crippen molar-refractivity contribution in [3.05, 3.63) is 23.3 Å². The van der Waals surface area contributed by atoms with Crippen LogP contribution in [0.2, 0.25) is 0 Å².